The predicted octanol–water partition coefficient (Wildman–Crippen LogP) is 2.25. The summed E-state index contributed by atoms with van der Waals surface area (Å²) in [5.41, 5.74) is 0.854. The van der Waals surface area contributed by atoms with Gasteiger partial charge in [-0.1, -0.05) is 13.3 Å². The fourth-order valence-electron chi connectivity index (χ4n) is 2.02. The topological polar surface area (TPSA) is 80.6 Å². The zero-order valence-corrected chi connectivity index (χ0v) is 11.6. The van der Waals surface area contributed by atoms with Crippen LogP contribution in [0.1, 0.15) is 38.5 Å². The summed E-state index contributed by atoms with van der Waals surface area (Å²) >= 11 is 0. The number of rotatable bonds is 5. The Morgan fingerprint density at radius 1 is 1.50 bits per heavy atom. The zero-order valence-electron chi connectivity index (χ0n) is 11.6. The van der Waals surface area contributed by atoms with Crippen molar-refractivity contribution in [2.24, 2.45) is 0 Å². The summed E-state index contributed by atoms with van der Waals surface area (Å²) in [4.78, 5) is 23.7. The third-order valence-corrected chi connectivity index (χ3v) is 3.05. The number of hydrogen-bond donors (Lipinski definition) is 2. The monoisotopic (exact) mass is 278 g/mol. The minimum absolute atomic E-state index is 0.366. The average Bonchev–Trinajstić information content (AvgIpc) is 2.91. The Bertz CT molecular complexity index is 519. The molecule has 0 saturated carbocycles. The fraction of sp³-hybridized carbons (Fsp3) is 0.429. The van der Waals surface area contributed by atoms with E-state index < -0.39 is 12.0 Å². The van der Waals surface area contributed by atoms with Crippen molar-refractivity contribution in [2.75, 3.05) is 6.61 Å². The van der Waals surface area contributed by atoms with Crippen molar-refractivity contribution >= 4 is 12.0 Å². The molecule has 0 unspecified atom stereocenters. The van der Waals surface area contributed by atoms with E-state index in [1.165, 1.54) is 6.26 Å². The molecule has 2 heterocycles. The molecule has 1 aliphatic rings. The van der Waals surface area contributed by atoms with E-state index in [9.17, 15) is 9.59 Å². The van der Waals surface area contributed by atoms with Crippen molar-refractivity contribution in [1.29, 1.82) is 0 Å². The van der Waals surface area contributed by atoms with E-state index >= 15 is 0 Å². The largest absolute Gasteiger partial charge is 0.467 e. The number of furan rings is 1. The first-order valence-corrected chi connectivity index (χ1v) is 6.62. The highest BCUT2D eigenvalue weighted by atomic mass is 16.5. The number of carbonyl (C=O) groups is 2. The highest BCUT2D eigenvalue weighted by Crippen LogP contribution is 2.27. The number of unbranched alkanes of at least 4 members (excludes halogenated alkanes) is 1. The van der Waals surface area contributed by atoms with Crippen LogP contribution in [-0.4, -0.2) is 18.6 Å². The molecule has 0 saturated heterocycles. The first kappa shape index (κ1) is 14.2. The van der Waals surface area contributed by atoms with Crippen molar-refractivity contribution in [1.82, 2.24) is 10.6 Å². The van der Waals surface area contributed by atoms with Gasteiger partial charge in [0.2, 0.25) is 0 Å². The summed E-state index contributed by atoms with van der Waals surface area (Å²) < 4.78 is 10.5. The number of hydrogen-bond acceptors (Lipinski definition) is 4. The summed E-state index contributed by atoms with van der Waals surface area (Å²) in [6.07, 6.45) is 3.25. The summed E-state index contributed by atoms with van der Waals surface area (Å²) in [6, 6.07) is 2.43. The van der Waals surface area contributed by atoms with Crippen LogP contribution in [0.5, 0.6) is 0 Å². The summed E-state index contributed by atoms with van der Waals surface area (Å²) in [5.74, 6) is 0.0616. The molecule has 0 aromatic carbocycles. The maximum absolute atomic E-state index is 12.2. The van der Waals surface area contributed by atoms with Gasteiger partial charge >= 0.3 is 12.0 Å². The van der Waals surface area contributed by atoms with Gasteiger partial charge in [-0.15, -0.1) is 0 Å². The van der Waals surface area contributed by atoms with Gasteiger partial charge in [-0.05, 0) is 25.5 Å². The summed E-state index contributed by atoms with van der Waals surface area (Å²) in [6.45, 7) is 4.06. The van der Waals surface area contributed by atoms with Crippen molar-refractivity contribution in [3.05, 3.63) is 35.4 Å². The normalized spacial score (nSPS) is 18.5. The Balaban J connectivity index is 2.22. The van der Waals surface area contributed by atoms with Gasteiger partial charge in [0.15, 0.2) is 0 Å². The first-order valence-electron chi connectivity index (χ1n) is 6.62. The summed E-state index contributed by atoms with van der Waals surface area (Å²) in [7, 11) is 0. The molecule has 0 fully saturated rings. The lowest BCUT2D eigenvalue weighted by atomic mass is 10.0. The molecule has 6 heteroatoms. The third-order valence-electron chi connectivity index (χ3n) is 3.05. The molecule has 2 rings (SSSR count). The molecule has 2 amide bonds. The Hall–Kier alpha value is -2.24. The molecule has 0 spiro atoms. The molecule has 20 heavy (non-hydrogen) atoms. The highest BCUT2D eigenvalue weighted by molar-refractivity contribution is 5.94. The molecule has 0 bridgehead atoms. The van der Waals surface area contributed by atoms with E-state index in [0.29, 0.717) is 23.6 Å². The molecule has 1 aliphatic heterocycles. The van der Waals surface area contributed by atoms with Crippen LogP contribution in [0.25, 0.3) is 0 Å². The third kappa shape index (κ3) is 3.01. The molecule has 1 aromatic heterocycles. The lowest BCUT2D eigenvalue weighted by Crippen LogP contribution is -2.45. The van der Waals surface area contributed by atoms with E-state index in [1.807, 2.05) is 6.92 Å². The van der Waals surface area contributed by atoms with E-state index in [1.54, 1.807) is 19.1 Å². The van der Waals surface area contributed by atoms with Crippen molar-refractivity contribution in [3.8, 4) is 0 Å². The summed E-state index contributed by atoms with van der Waals surface area (Å²) in [5, 5.41) is 5.25. The van der Waals surface area contributed by atoms with Gasteiger partial charge in [0.05, 0.1) is 18.4 Å². The van der Waals surface area contributed by atoms with Gasteiger partial charge in [0.25, 0.3) is 0 Å². The number of amides is 2. The number of allylic oxidation sites excluding steroid dienone is 1. The van der Waals surface area contributed by atoms with Crippen LogP contribution >= 0.6 is 0 Å². The SMILES string of the molecule is CCCCOC(=O)C1=C(C)NC(=O)N[C@H]1c1ccco1. The maximum atomic E-state index is 12.2. The van der Waals surface area contributed by atoms with Gasteiger partial charge < -0.3 is 19.8 Å². The van der Waals surface area contributed by atoms with Gasteiger partial charge in [-0.25, -0.2) is 9.59 Å². The van der Waals surface area contributed by atoms with E-state index in [-0.39, 0.29) is 6.03 Å². The fourth-order valence-corrected chi connectivity index (χ4v) is 2.02. The van der Waals surface area contributed by atoms with Crippen molar-refractivity contribution in [3.63, 3.8) is 0 Å². The standard InChI is InChI=1S/C14H18N2O4/c1-3-4-7-20-13(17)11-9(2)15-14(18)16-12(11)10-6-5-8-19-10/h5-6,8,12H,3-4,7H2,1-2H3,(H2,15,16,18)/t12-/m0/s1. The van der Waals surface area contributed by atoms with Crippen LogP contribution in [0, 0.1) is 0 Å². The number of esters is 1. The zero-order chi connectivity index (χ0) is 14.5. The van der Waals surface area contributed by atoms with Crippen LogP contribution in [-0.2, 0) is 9.53 Å². The van der Waals surface area contributed by atoms with Crippen LogP contribution in [0.3, 0.4) is 0 Å². The average molecular weight is 278 g/mol. The van der Waals surface area contributed by atoms with Crippen LogP contribution < -0.4 is 10.6 Å². The number of carbonyl (C=O) groups excluding carboxylic acids is 2. The van der Waals surface area contributed by atoms with Gasteiger partial charge in [-0.2, -0.15) is 0 Å². The maximum Gasteiger partial charge on any atom is 0.338 e. The number of urea groups is 1. The second kappa shape index (κ2) is 6.27. The van der Waals surface area contributed by atoms with Crippen LogP contribution in [0.4, 0.5) is 4.79 Å². The lowest BCUT2D eigenvalue weighted by molar-refractivity contribution is -0.139. The molecule has 1 atom stereocenters. The Morgan fingerprint density at radius 3 is 2.95 bits per heavy atom. The predicted molar refractivity (Wildman–Crippen MR) is 71.7 cm³/mol. The van der Waals surface area contributed by atoms with Crippen LogP contribution in [0.2, 0.25) is 0 Å². The van der Waals surface area contributed by atoms with Crippen molar-refractivity contribution < 1.29 is 18.7 Å². The molecule has 0 aliphatic carbocycles. The number of ether oxygens (including phenoxy) is 1. The molecule has 6 nitrogen and oxygen atoms in total. The minimum atomic E-state index is -0.618. The molecule has 0 radical (unpaired) electrons. The highest BCUT2D eigenvalue weighted by Gasteiger charge is 2.33. The molecule has 108 valence electrons. The quantitative estimate of drug-likeness (QED) is 0.639. The van der Waals surface area contributed by atoms with E-state index in [0.717, 1.165) is 12.8 Å². The Morgan fingerprint density at radius 2 is 2.30 bits per heavy atom. The van der Waals surface area contributed by atoms with Crippen LogP contribution in [0.15, 0.2) is 34.1 Å². The number of nitrogens with one attached hydrogen (secondary N) is 2. The molecular formula is C14H18N2O4. The van der Waals surface area contributed by atoms with Gasteiger partial charge in [0, 0.05) is 5.70 Å². The van der Waals surface area contributed by atoms with Gasteiger partial charge in [0.1, 0.15) is 11.8 Å². The molecule has 1 aromatic rings. The lowest BCUT2D eigenvalue weighted by Gasteiger charge is -2.26. The smallest absolute Gasteiger partial charge is 0.338 e. The molecule has 2 N–H and O–H groups in total. The molecular weight excluding hydrogens is 260 g/mol. The Labute approximate surface area is 117 Å². The van der Waals surface area contributed by atoms with E-state index in [4.69, 9.17) is 9.15 Å². The second-order valence-electron chi connectivity index (χ2n) is 4.58. The second-order valence-corrected chi connectivity index (χ2v) is 4.58. The first-order chi connectivity index (χ1) is 9.63. The van der Waals surface area contributed by atoms with Crippen molar-refractivity contribution in [2.45, 2.75) is 32.7 Å². The van der Waals surface area contributed by atoms with E-state index in [2.05, 4.69) is 10.6 Å². The Kier molecular flexibility index (Phi) is 4.45. The minimum Gasteiger partial charge on any atom is -0.467 e. The van der Waals surface area contributed by atoms with Gasteiger partial charge in [-0.3, -0.25) is 0 Å².